The SMILES string of the molecule is O=C(O)c1ccc2nc(CN3CCC(c4cccc(OCc5cc6ccncc6s5)n4)CC3)n(CC3CCO3)c2c1. The maximum Gasteiger partial charge on any atom is 0.335 e. The summed E-state index contributed by atoms with van der Waals surface area (Å²) in [7, 11) is 0. The van der Waals surface area contributed by atoms with Crippen molar-refractivity contribution in [3.8, 4) is 5.88 Å². The summed E-state index contributed by atoms with van der Waals surface area (Å²) in [5.41, 5.74) is 3.05. The molecule has 0 aliphatic carbocycles. The van der Waals surface area contributed by atoms with Crippen LogP contribution in [0.2, 0.25) is 0 Å². The first-order valence-corrected chi connectivity index (χ1v) is 14.9. The zero-order valence-electron chi connectivity index (χ0n) is 22.6. The quantitative estimate of drug-likeness (QED) is 0.249. The van der Waals surface area contributed by atoms with Gasteiger partial charge in [-0.1, -0.05) is 6.07 Å². The number of fused-ring (bicyclic) bond motifs is 2. The zero-order valence-corrected chi connectivity index (χ0v) is 23.4. The molecule has 1 N–H and O–H groups in total. The summed E-state index contributed by atoms with van der Waals surface area (Å²) in [6, 6.07) is 15.4. The molecule has 210 valence electrons. The molecule has 0 bridgehead atoms. The number of nitrogens with zero attached hydrogens (tertiary/aromatic N) is 5. The van der Waals surface area contributed by atoms with Gasteiger partial charge in [0, 0.05) is 41.6 Å². The normalized spacial score (nSPS) is 18.1. The van der Waals surface area contributed by atoms with Gasteiger partial charge in [-0.2, -0.15) is 0 Å². The van der Waals surface area contributed by atoms with Crippen molar-refractivity contribution < 1.29 is 19.4 Å². The van der Waals surface area contributed by atoms with Gasteiger partial charge in [-0.25, -0.2) is 14.8 Å². The lowest BCUT2D eigenvalue weighted by atomic mass is 9.93. The van der Waals surface area contributed by atoms with Gasteiger partial charge in [0.25, 0.3) is 0 Å². The van der Waals surface area contributed by atoms with E-state index < -0.39 is 5.97 Å². The minimum Gasteiger partial charge on any atom is -0.478 e. The largest absolute Gasteiger partial charge is 0.478 e. The minimum absolute atomic E-state index is 0.154. The highest BCUT2D eigenvalue weighted by Gasteiger charge is 2.26. The average Bonchev–Trinajstić information content (AvgIpc) is 3.54. The molecule has 5 aromatic rings. The number of thiophene rings is 1. The maximum absolute atomic E-state index is 11.6. The number of rotatable bonds is 9. The van der Waals surface area contributed by atoms with Crippen LogP contribution in [0.1, 0.15) is 51.9 Å². The number of carbonyl (C=O) groups is 1. The molecule has 0 amide bonds. The number of carboxylic acids is 1. The van der Waals surface area contributed by atoms with Gasteiger partial charge >= 0.3 is 5.97 Å². The van der Waals surface area contributed by atoms with Gasteiger partial charge in [0.05, 0.1) is 40.5 Å². The van der Waals surface area contributed by atoms with Crippen molar-refractivity contribution in [2.75, 3.05) is 19.7 Å². The van der Waals surface area contributed by atoms with E-state index in [9.17, 15) is 9.90 Å². The van der Waals surface area contributed by atoms with E-state index in [4.69, 9.17) is 19.4 Å². The van der Waals surface area contributed by atoms with Gasteiger partial charge in [-0.05, 0) is 74.1 Å². The number of aromatic nitrogens is 4. The fourth-order valence-electron chi connectivity index (χ4n) is 5.74. The van der Waals surface area contributed by atoms with Gasteiger partial charge in [-0.15, -0.1) is 11.3 Å². The fourth-order valence-corrected chi connectivity index (χ4v) is 6.69. The summed E-state index contributed by atoms with van der Waals surface area (Å²) in [4.78, 5) is 29.2. The van der Waals surface area contributed by atoms with Gasteiger partial charge in [-0.3, -0.25) is 9.88 Å². The van der Waals surface area contributed by atoms with Crippen LogP contribution in [0, 0.1) is 0 Å². The highest BCUT2D eigenvalue weighted by molar-refractivity contribution is 7.19. The molecule has 10 heteroatoms. The predicted octanol–water partition coefficient (Wildman–Crippen LogP) is 5.49. The monoisotopic (exact) mass is 569 g/mol. The van der Waals surface area contributed by atoms with Crippen molar-refractivity contribution in [2.24, 2.45) is 0 Å². The van der Waals surface area contributed by atoms with Crippen LogP contribution < -0.4 is 4.74 Å². The second kappa shape index (κ2) is 11.2. The number of hydrogen-bond acceptors (Lipinski definition) is 8. The molecule has 2 aliphatic heterocycles. The third-order valence-electron chi connectivity index (χ3n) is 8.11. The molecule has 1 aromatic carbocycles. The minimum atomic E-state index is -0.927. The second-order valence-electron chi connectivity index (χ2n) is 10.8. The van der Waals surface area contributed by atoms with Crippen LogP contribution >= 0.6 is 11.3 Å². The van der Waals surface area contributed by atoms with Crippen molar-refractivity contribution in [2.45, 2.75) is 51.0 Å². The summed E-state index contributed by atoms with van der Waals surface area (Å²) < 4.78 is 15.1. The Hall–Kier alpha value is -3.86. The molecule has 6 heterocycles. The summed E-state index contributed by atoms with van der Waals surface area (Å²) in [6.45, 7) is 4.57. The molecule has 1 unspecified atom stereocenters. The van der Waals surface area contributed by atoms with E-state index in [0.717, 1.165) is 77.6 Å². The number of benzene rings is 1. The van der Waals surface area contributed by atoms with Crippen molar-refractivity contribution in [1.82, 2.24) is 24.4 Å². The number of likely N-dealkylation sites (tertiary alicyclic amines) is 1. The van der Waals surface area contributed by atoms with Crippen LogP contribution in [0.5, 0.6) is 5.88 Å². The number of hydrogen-bond donors (Lipinski definition) is 1. The molecule has 41 heavy (non-hydrogen) atoms. The maximum atomic E-state index is 11.6. The number of ether oxygens (including phenoxy) is 2. The smallest absolute Gasteiger partial charge is 0.335 e. The molecule has 1 atom stereocenters. The summed E-state index contributed by atoms with van der Waals surface area (Å²) in [6.07, 6.45) is 6.89. The van der Waals surface area contributed by atoms with Gasteiger partial charge < -0.3 is 19.1 Å². The molecule has 9 nitrogen and oxygen atoms in total. The lowest BCUT2D eigenvalue weighted by Gasteiger charge is -2.32. The first kappa shape index (κ1) is 26.1. The lowest BCUT2D eigenvalue weighted by Crippen LogP contribution is -2.35. The highest BCUT2D eigenvalue weighted by atomic mass is 32.1. The van der Waals surface area contributed by atoms with Crippen LogP contribution in [0.15, 0.2) is 60.9 Å². The topological polar surface area (TPSA) is 103 Å². The Balaban J connectivity index is 1.00. The van der Waals surface area contributed by atoms with Crippen LogP contribution in [0.3, 0.4) is 0 Å². The highest BCUT2D eigenvalue weighted by Crippen LogP contribution is 2.30. The van der Waals surface area contributed by atoms with E-state index in [1.165, 1.54) is 5.39 Å². The summed E-state index contributed by atoms with van der Waals surface area (Å²) >= 11 is 1.70. The fraction of sp³-hybridized carbons (Fsp3) is 0.355. The van der Waals surface area contributed by atoms with E-state index in [2.05, 4.69) is 26.6 Å². The third kappa shape index (κ3) is 5.55. The van der Waals surface area contributed by atoms with Gasteiger partial charge in [0.15, 0.2) is 0 Å². The third-order valence-corrected chi connectivity index (χ3v) is 9.17. The first-order chi connectivity index (χ1) is 20.1. The van der Waals surface area contributed by atoms with Crippen molar-refractivity contribution in [3.63, 3.8) is 0 Å². The lowest BCUT2D eigenvalue weighted by molar-refractivity contribution is -0.0592. The average molecular weight is 570 g/mol. The molecule has 0 spiro atoms. The van der Waals surface area contributed by atoms with E-state index >= 15 is 0 Å². The van der Waals surface area contributed by atoms with Crippen LogP contribution in [-0.4, -0.2) is 61.3 Å². The molecule has 0 saturated carbocycles. The molecule has 4 aromatic heterocycles. The Morgan fingerprint density at radius 1 is 1.10 bits per heavy atom. The first-order valence-electron chi connectivity index (χ1n) is 14.1. The Morgan fingerprint density at radius 2 is 1.98 bits per heavy atom. The van der Waals surface area contributed by atoms with Crippen molar-refractivity contribution in [3.05, 3.63) is 82.9 Å². The van der Waals surface area contributed by atoms with E-state index in [1.807, 2.05) is 36.7 Å². The van der Waals surface area contributed by atoms with Crippen LogP contribution in [0.4, 0.5) is 0 Å². The predicted molar refractivity (Wildman–Crippen MR) is 156 cm³/mol. The second-order valence-corrected chi connectivity index (χ2v) is 12.0. The van der Waals surface area contributed by atoms with Crippen LogP contribution in [0.25, 0.3) is 21.1 Å². The molecule has 0 radical (unpaired) electrons. The van der Waals surface area contributed by atoms with Crippen molar-refractivity contribution in [1.29, 1.82) is 0 Å². The number of pyridine rings is 2. The zero-order chi connectivity index (χ0) is 27.8. The van der Waals surface area contributed by atoms with E-state index in [0.29, 0.717) is 24.9 Å². The van der Waals surface area contributed by atoms with Gasteiger partial charge in [0.1, 0.15) is 12.4 Å². The number of imidazole rings is 1. The number of aromatic carboxylic acids is 1. The summed E-state index contributed by atoms with van der Waals surface area (Å²) in [5, 5.41) is 10.7. The van der Waals surface area contributed by atoms with Crippen molar-refractivity contribution >= 4 is 38.4 Å². The molecule has 2 aliphatic rings. The Morgan fingerprint density at radius 3 is 2.76 bits per heavy atom. The molecule has 2 fully saturated rings. The van der Waals surface area contributed by atoms with Gasteiger partial charge in [0.2, 0.25) is 5.88 Å². The Kier molecular flexibility index (Phi) is 7.12. The molecule has 2 saturated heterocycles. The summed E-state index contributed by atoms with van der Waals surface area (Å²) in [5.74, 6) is 1.07. The number of piperidine rings is 1. The Bertz CT molecular complexity index is 1670. The molecule has 7 rings (SSSR count). The van der Waals surface area contributed by atoms with Crippen LogP contribution in [-0.2, 0) is 24.4 Å². The van der Waals surface area contributed by atoms with E-state index in [-0.39, 0.29) is 11.7 Å². The number of carboxylic acid groups (broad SMARTS) is 1. The molecular weight excluding hydrogens is 538 g/mol. The van der Waals surface area contributed by atoms with E-state index in [1.54, 1.807) is 23.5 Å². The Labute approximate surface area is 241 Å². The standard InChI is InChI=1S/C31H31N5O4S/c37-31(38)22-4-5-26-27(15-22)36(17-23-9-13-39-23)29(33-26)18-35-11-7-20(8-12-35)25-2-1-3-30(34-25)40-19-24-14-21-6-10-32-16-28(21)41-24/h1-6,10,14-16,20,23H,7-9,11-13,17-19H2,(H,37,38). The molecular formula is C31H31N5O4S.